The maximum absolute atomic E-state index is 9.56. The van der Waals surface area contributed by atoms with Crippen molar-refractivity contribution in [3.05, 3.63) is 0 Å². The number of nitrogens with zero attached hydrogens (tertiary/aromatic N) is 1. The van der Waals surface area contributed by atoms with Crippen LogP contribution in [0.4, 0.5) is 0 Å². The summed E-state index contributed by atoms with van der Waals surface area (Å²) in [6.07, 6.45) is 0. The maximum Gasteiger partial charge on any atom is 0.397 e. The van der Waals surface area contributed by atoms with Crippen molar-refractivity contribution < 1.29 is 17.2 Å². The van der Waals surface area contributed by atoms with Gasteiger partial charge in [-0.1, -0.05) is 6.92 Å². The van der Waals surface area contributed by atoms with E-state index in [1.54, 1.807) is 0 Å². The first-order chi connectivity index (χ1) is 5.33. The van der Waals surface area contributed by atoms with Crippen LogP contribution in [0, 0.1) is 0 Å². The van der Waals surface area contributed by atoms with Crippen LogP contribution in [0.15, 0.2) is 0 Å². The summed E-state index contributed by atoms with van der Waals surface area (Å²) in [7, 11) is -0.0631. The molecular formula is C6H20N2O4S. The van der Waals surface area contributed by atoms with Crippen LogP contribution in [0.5, 0.6) is 0 Å². The fraction of sp³-hybridized carbons (Fsp3) is 1.00. The van der Waals surface area contributed by atoms with Gasteiger partial charge in [-0.25, -0.2) is 4.18 Å². The third kappa shape index (κ3) is 33.7. The highest BCUT2D eigenvalue weighted by atomic mass is 32.3. The Labute approximate surface area is 80.4 Å². The van der Waals surface area contributed by atoms with Crippen molar-refractivity contribution in [3.8, 4) is 0 Å². The van der Waals surface area contributed by atoms with Crippen molar-refractivity contribution in [1.82, 2.24) is 11.1 Å². The first kappa shape index (κ1) is 18.5. The molecule has 7 heteroatoms. The lowest BCUT2D eigenvalue weighted by molar-refractivity contribution is 0.283. The third-order valence-corrected chi connectivity index (χ3v) is 1.43. The molecule has 6 nitrogen and oxygen atoms in total. The molecule has 0 saturated heterocycles. The second-order valence-corrected chi connectivity index (χ2v) is 3.32. The van der Waals surface area contributed by atoms with Gasteiger partial charge >= 0.3 is 10.4 Å². The predicted octanol–water partition coefficient (Wildman–Crippen LogP) is 0.556. The molecule has 4 N–H and O–H groups in total. The van der Waals surface area contributed by atoms with E-state index in [1.165, 1.54) is 6.92 Å². The van der Waals surface area contributed by atoms with E-state index in [9.17, 15) is 8.42 Å². The van der Waals surface area contributed by atoms with Gasteiger partial charge in [0.1, 0.15) is 0 Å². The van der Waals surface area contributed by atoms with Crippen molar-refractivity contribution in [2.24, 2.45) is 0 Å². The standard InChI is InChI=1S/C4H11N.C2H6O4S.H3N/c1-4-5(2)3;1-2-6-7(3,4)5;/h4H2,1-3H3;2H2,1H3,(H,3,4,5);1H3. The number of hydrogen-bond acceptors (Lipinski definition) is 5. The van der Waals surface area contributed by atoms with Crippen molar-refractivity contribution in [2.75, 3.05) is 27.2 Å². The summed E-state index contributed by atoms with van der Waals surface area (Å²) in [6.45, 7) is 4.70. The van der Waals surface area contributed by atoms with Crippen LogP contribution in [0.25, 0.3) is 0 Å². The lowest BCUT2D eigenvalue weighted by Gasteiger charge is -2.00. The van der Waals surface area contributed by atoms with E-state index < -0.39 is 10.4 Å². The van der Waals surface area contributed by atoms with Gasteiger partial charge in [0.2, 0.25) is 0 Å². The molecule has 0 aliphatic heterocycles. The van der Waals surface area contributed by atoms with Gasteiger partial charge in [-0.15, -0.1) is 0 Å². The molecule has 0 saturated carbocycles. The number of rotatable bonds is 3. The molecule has 0 unspecified atom stereocenters. The van der Waals surface area contributed by atoms with Gasteiger partial charge in [-0.2, -0.15) is 8.42 Å². The first-order valence-electron chi connectivity index (χ1n) is 3.60. The summed E-state index contributed by atoms with van der Waals surface area (Å²) >= 11 is 0. The number of hydrogen-bond donors (Lipinski definition) is 2. The minimum Gasteiger partial charge on any atom is -0.344 e. The van der Waals surface area contributed by atoms with E-state index in [4.69, 9.17) is 4.55 Å². The van der Waals surface area contributed by atoms with E-state index in [1.807, 2.05) is 0 Å². The highest BCUT2D eigenvalue weighted by molar-refractivity contribution is 7.80. The van der Waals surface area contributed by atoms with Gasteiger partial charge in [0.05, 0.1) is 6.61 Å². The Bertz CT molecular complexity index is 179. The predicted molar refractivity (Wildman–Crippen MR) is 52.4 cm³/mol. The summed E-state index contributed by atoms with van der Waals surface area (Å²) in [5.74, 6) is 0. The molecule has 0 heterocycles. The average Bonchev–Trinajstić information content (AvgIpc) is 1.86. The minimum atomic E-state index is -4.17. The van der Waals surface area contributed by atoms with Crippen LogP contribution in [0.2, 0.25) is 0 Å². The van der Waals surface area contributed by atoms with Crippen LogP contribution in [0.3, 0.4) is 0 Å². The molecule has 0 aliphatic carbocycles. The lowest BCUT2D eigenvalue weighted by atomic mass is 10.7. The normalized spacial score (nSPS) is 10.0. The molecule has 0 aromatic rings. The summed E-state index contributed by atoms with van der Waals surface area (Å²) in [4.78, 5) is 2.12. The Morgan fingerprint density at radius 3 is 1.62 bits per heavy atom. The third-order valence-electron chi connectivity index (χ3n) is 0.899. The van der Waals surface area contributed by atoms with Gasteiger partial charge in [0.15, 0.2) is 0 Å². The highest BCUT2D eigenvalue weighted by Crippen LogP contribution is 1.81. The SMILES string of the molecule is CCN(C)C.CCOS(=O)(=O)O.N. The molecule has 0 radical (unpaired) electrons. The van der Waals surface area contributed by atoms with Gasteiger partial charge in [0.25, 0.3) is 0 Å². The molecule has 84 valence electrons. The molecule has 0 aliphatic rings. The van der Waals surface area contributed by atoms with Crippen molar-refractivity contribution in [3.63, 3.8) is 0 Å². The molecule has 0 amide bonds. The molecule has 0 aromatic carbocycles. The fourth-order valence-electron chi connectivity index (χ4n) is 0.149. The van der Waals surface area contributed by atoms with Gasteiger partial charge < -0.3 is 11.1 Å². The molecule has 13 heavy (non-hydrogen) atoms. The van der Waals surface area contributed by atoms with Crippen LogP contribution in [-0.2, 0) is 14.6 Å². The molecule has 0 atom stereocenters. The Balaban J connectivity index is -0.000000150. The lowest BCUT2D eigenvalue weighted by Crippen LogP contribution is -2.08. The maximum atomic E-state index is 9.56. The van der Waals surface area contributed by atoms with Crippen molar-refractivity contribution >= 4 is 10.4 Å². The Hall–Kier alpha value is -0.210. The Morgan fingerprint density at radius 2 is 1.62 bits per heavy atom. The van der Waals surface area contributed by atoms with Crippen molar-refractivity contribution in [1.29, 1.82) is 0 Å². The fourth-order valence-corrected chi connectivity index (χ4v) is 0.447. The zero-order valence-corrected chi connectivity index (χ0v) is 9.47. The molecular weight excluding hydrogens is 196 g/mol. The molecule has 0 rings (SSSR count). The van der Waals surface area contributed by atoms with Crippen LogP contribution in [0.1, 0.15) is 13.8 Å². The van der Waals surface area contributed by atoms with E-state index in [0.29, 0.717) is 0 Å². The molecule has 0 bridgehead atoms. The minimum absolute atomic E-state index is 0. The van der Waals surface area contributed by atoms with E-state index >= 15 is 0 Å². The Morgan fingerprint density at radius 1 is 1.31 bits per heavy atom. The molecule has 0 spiro atoms. The molecule has 0 fully saturated rings. The van der Waals surface area contributed by atoms with Crippen LogP contribution >= 0.6 is 0 Å². The van der Waals surface area contributed by atoms with E-state index in [2.05, 4.69) is 30.1 Å². The van der Waals surface area contributed by atoms with Crippen molar-refractivity contribution in [2.45, 2.75) is 13.8 Å². The quantitative estimate of drug-likeness (QED) is 0.668. The zero-order chi connectivity index (χ0) is 10.2. The summed E-state index contributed by atoms with van der Waals surface area (Å²) in [5.41, 5.74) is 0. The van der Waals surface area contributed by atoms with Gasteiger partial charge in [-0.05, 0) is 27.6 Å². The van der Waals surface area contributed by atoms with E-state index in [0.717, 1.165) is 6.54 Å². The second-order valence-electron chi connectivity index (χ2n) is 2.23. The average molecular weight is 216 g/mol. The smallest absolute Gasteiger partial charge is 0.344 e. The molecule has 0 aromatic heterocycles. The second kappa shape index (κ2) is 9.87. The monoisotopic (exact) mass is 216 g/mol. The first-order valence-corrected chi connectivity index (χ1v) is 4.96. The zero-order valence-electron chi connectivity index (χ0n) is 8.65. The highest BCUT2D eigenvalue weighted by Gasteiger charge is 1.98. The van der Waals surface area contributed by atoms with Crippen LogP contribution < -0.4 is 6.15 Å². The van der Waals surface area contributed by atoms with E-state index in [-0.39, 0.29) is 12.8 Å². The topological polar surface area (TPSA) is 102 Å². The largest absolute Gasteiger partial charge is 0.397 e. The van der Waals surface area contributed by atoms with Gasteiger partial charge in [0, 0.05) is 0 Å². The van der Waals surface area contributed by atoms with Gasteiger partial charge in [-0.3, -0.25) is 4.55 Å². The Kier molecular flexibility index (Phi) is 14.1. The summed E-state index contributed by atoms with van der Waals surface area (Å²) in [6, 6.07) is 0. The van der Waals surface area contributed by atoms with Crippen LogP contribution in [-0.4, -0.2) is 45.1 Å². The summed E-state index contributed by atoms with van der Waals surface area (Å²) in [5, 5.41) is 0. The summed E-state index contributed by atoms with van der Waals surface area (Å²) < 4.78 is 30.7.